The van der Waals surface area contributed by atoms with Crippen LogP contribution >= 0.6 is 0 Å². The summed E-state index contributed by atoms with van der Waals surface area (Å²) in [7, 11) is 0. The molecule has 1 saturated carbocycles. The van der Waals surface area contributed by atoms with E-state index in [1.165, 1.54) is 12.8 Å². The number of hydrogen-bond donors (Lipinski definition) is 0. The van der Waals surface area contributed by atoms with Crippen molar-refractivity contribution in [2.45, 2.75) is 12.8 Å². The van der Waals surface area contributed by atoms with Gasteiger partial charge < -0.3 is 4.74 Å². The van der Waals surface area contributed by atoms with Crippen molar-refractivity contribution in [2.24, 2.45) is 5.92 Å². The van der Waals surface area contributed by atoms with Crippen molar-refractivity contribution in [3.8, 4) is 5.75 Å². The minimum atomic E-state index is 0.286. The second-order valence-corrected chi connectivity index (χ2v) is 2.88. The van der Waals surface area contributed by atoms with E-state index in [0.29, 0.717) is 0 Å². The molecule has 1 aliphatic carbocycles. The lowest BCUT2D eigenvalue weighted by Crippen LogP contribution is -1.98. The van der Waals surface area contributed by atoms with Gasteiger partial charge in [0.2, 0.25) is 0 Å². The molecule has 11 heavy (non-hydrogen) atoms. The zero-order valence-electron chi connectivity index (χ0n) is 7.29. The number of ether oxygens (including phenoxy) is 1. The van der Waals surface area contributed by atoms with Gasteiger partial charge >= 0.3 is 0 Å². The fourth-order valence-electron chi connectivity index (χ4n) is 0.890. The third-order valence-electron chi connectivity index (χ3n) is 1.77. The highest BCUT2D eigenvalue weighted by molar-refractivity contribution is 5.15. The van der Waals surface area contributed by atoms with Crippen LogP contribution in [-0.4, -0.2) is 11.6 Å². The molecule has 0 bridgehead atoms. The summed E-state index contributed by atoms with van der Waals surface area (Å²) in [5, 5.41) is 0. The summed E-state index contributed by atoms with van der Waals surface area (Å²) in [4.78, 5) is 3.82. The van der Waals surface area contributed by atoms with Gasteiger partial charge in [-0.3, -0.25) is 4.98 Å². The van der Waals surface area contributed by atoms with Crippen molar-refractivity contribution < 1.29 is 6.11 Å². The second kappa shape index (κ2) is 2.91. The number of nitrogens with zero attached hydrogens (tertiary/aromatic N) is 1. The SMILES string of the molecule is [2H]c1ccc(OCC2CC2)cn1. The molecule has 0 spiro atoms. The van der Waals surface area contributed by atoms with Crippen LogP contribution in [0.15, 0.2) is 24.5 Å². The van der Waals surface area contributed by atoms with Crippen LogP contribution in [0.1, 0.15) is 14.2 Å². The third-order valence-corrected chi connectivity index (χ3v) is 1.77. The molecule has 0 N–H and O–H groups in total. The lowest BCUT2D eigenvalue weighted by molar-refractivity contribution is 0.298. The molecule has 0 amide bonds. The lowest BCUT2D eigenvalue weighted by Gasteiger charge is -2.02. The Hall–Kier alpha value is -1.05. The molecule has 1 aromatic heterocycles. The summed E-state index contributed by atoms with van der Waals surface area (Å²) < 4.78 is 12.6. The van der Waals surface area contributed by atoms with Gasteiger partial charge in [0.25, 0.3) is 0 Å². The Kier molecular flexibility index (Phi) is 1.47. The summed E-state index contributed by atoms with van der Waals surface area (Å²) in [6.07, 6.45) is 4.48. The van der Waals surface area contributed by atoms with E-state index in [1.54, 1.807) is 18.3 Å². The lowest BCUT2D eigenvalue weighted by atomic mass is 10.4. The molecular formula is C9H11NO. The Morgan fingerprint density at radius 2 is 2.64 bits per heavy atom. The Morgan fingerprint density at radius 1 is 1.73 bits per heavy atom. The zero-order valence-corrected chi connectivity index (χ0v) is 6.29. The summed E-state index contributed by atoms with van der Waals surface area (Å²) in [5.41, 5.74) is 0. The van der Waals surface area contributed by atoms with Crippen molar-refractivity contribution in [3.05, 3.63) is 24.5 Å². The molecule has 0 unspecified atom stereocenters. The van der Waals surface area contributed by atoms with Crippen LogP contribution in [0.4, 0.5) is 0 Å². The Morgan fingerprint density at radius 3 is 3.27 bits per heavy atom. The summed E-state index contributed by atoms with van der Waals surface area (Å²) in [5.74, 6) is 1.54. The van der Waals surface area contributed by atoms with Gasteiger partial charge in [-0.2, -0.15) is 0 Å². The van der Waals surface area contributed by atoms with Crippen LogP contribution < -0.4 is 4.74 Å². The van der Waals surface area contributed by atoms with Gasteiger partial charge in [-0.25, -0.2) is 0 Å². The van der Waals surface area contributed by atoms with Gasteiger partial charge in [0.15, 0.2) is 0 Å². The van der Waals surface area contributed by atoms with Gasteiger partial charge in [0.05, 0.1) is 14.2 Å². The largest absolute Gasteiger partial charge is 0.492 e. The maximum atomic E-state index is 7.15. The molecule has 1 heterocycles. The third kappa shape index (κ3) is 1.93. The quantitative estimate of drug-likeness (QED) is 0.656. The first kappa shape index (κ1) is 5.58. The average molecular weight is 150 g/mol. The first-order chi connectivity index (χ1) is 5.84. The van der Waals surface area contributed by atoms with E-state index in [0.717, 1.165) is 18.3 Å². The predicted molar refractivity (Wildman–Crippen MR) is 42.5 cm³/mol. The van der Waals surface area contributed by atoms with Crippen LogP contribution in [0.5, 0.6) is 5.75 Å². The van der Waals surface area contributed by atoms with E-state index < -0.39 is 0 Å². The number of rotatable bonds is 3. The van der Waals surface area contributed by atoms with Crippen molar-refractivity contribution >= 4 is 0 Å². The molecule has 1 aromatic rings. The predicted octanol–water partition coefficient (Wildman–Crippen LogP) is 1.87. The van der Waals surface area contributed by atoms with Crippen LogP contribution in [0.2, 0.25) is 0 Å². The van der Waals surface area contributed by atoms with Gasteiger partial charge in [0, 0.05) is 6.17 Å². The Balaban J connectivity index is 1.89. The van der Waals surface area contributed by atoms with E-state index in [1.807, 2.05) is 0 Å². The van der Waals surface area contributed by atoms with E-state index >= 15 is 0 Å². The van der Waals surface area contributed by atoms with E-state index in [9.17, 15) is 0 Å². The second-order valence-electron chi connectivity index (χ2n) is 2.88. The number of hydrogen-bond acceptors (Lipinski definition) is 2. The molecule has 0 aromatic carbocycles. The van der Waals surface area contributed by atoms with Crippen molar-refractivity contribution in [1.82, 2.24) is 4.98 Å². The Bertz CT molecular complexity index is 256. The molecule has 0 atom stereocenters. The van der Waals surface area contributed by atoms with Gasteiger partial charge in [0.1, 0.15) is 5.75 Å². The molecule has 0 saturated heterocycles. The Labute approximate surface area is 67.6 Å². The van der Waals surface area contributed by atoms with Crippen LogP contribution in [0.25, 0.3) is 0 Å². The van der Waals surface area contributed by atoms with Crippen molar-refractivity contribution in [3.63, 3.8) is 0 Å². The summed E-state index contributed by atoms with van der Waals surface area (Å²) >= 11 is 0. The van der Waals surface area contributed by atoms with Crippen molar-refractivity contribution in [1.29, 1.82) is 0 Å². The molecule has 1 fully saturated rings. The summed E-state index contributed by atoms with van der Waals surface area (Å²) in [6, 6.07) is 3.43. The standard InChI is InChI=1S/C9H11NO/c1-2-9(6-10-5-1)11-7-8-3-4-8/h1-2,5-6,8H,3-4,7H2/i5D. The normalized spacial score (nSPS) is 17.6. The zero-order chi connectivity index (χ0) is 8.39. The highest BCUT2D eigenvalue weighted by Gasteiger charge is 2.21. The first-order valence-electron chi connectivity index (χ1n) is 4.40. The highest BCUT2D eigenvalue weighted by Crippen LogP contribution is 2.29. The molecular weight excluding hydrogens is 138 g/mol. The molecule has 0 radical (unpaired) electrons. The van der Waals surface area contributed by atoms with E-state index in [2.05, 4.69) is 4.98 Å². The molecule has 0 aliphatic heterocycles. The molecule has 2 rings (SSSR count). The van der Waals surface area contributed by atoms with Crippen LogP contribution in [0.3, 0.4) is 0 Å². The fourth-order valence-corrected chi connectivity index (χ4v) is 0.890. The minimum absolute atomic E-state index is 0.286. The van der Waals surface area contributed by atoms with Crippen molar-refractivity contribution in [2.75, 3.05) is 6.61 Å². The number of pyridine rings is 1. The van der Waals surface area contributed by atoms with E-state index in [-0.39, 0.29) is 6.17 Å². The van der Waals surface area contributed by atoms with Gasteiger partial charge in [-0.15, -0.1) is 0 Å². The highest BCUT2D eigenvalue weighted by atomic mass is 16.5. The van der Waals surface area contributed by atoms with Crippen LogP contribution in [-0.2, 0) is 0 Å². The molecule has 2 nitrogen and oxygen atoms in total. The maximum absolute atomic E-state index is 7.15. The molecule has 1 aliphatic rings. The summed E-state index contributed by atoms with van der Waals surface area (Å²) in [6.45, 7) is 0.805. The fraction of sp³-hybridized carbons (Fsp3) is 0.444. The van der Waals surface area contributed by atoms with Gasteiger partial charge in [-0.1, -0.05) is 0 Å². The van der Waals surface area contributed by atoms with E-state index in [4.69, 9.17) is 6.11 Å². The molecule has 2 heteroatoms. The molecule has 58 valence electrons. The van der Waals surface area contributed by atoms with Crippen LogP contribution in [0, 0.1) is 5.92 Å². The topological polar surface area (TPSA) is 22.1 Å². The average Bonchev–Trinajstić information content (AvgIpc) is 2.87. The smallest absolute Gasteiger partial charge is 0.137 e. The first-order valence-corrected chi connectivity index (χ1v) is 3.90. The maximum Gasteiger partial charge on any atom is 0.137 e. The number of aromatic nitrogens is 1. The monoisotopic (exact) mass is 150 g/mol. The minimum Gasteiger partial charge on any atom is -0.492 e. The van der Waals surface area contributed by atoms with Gasteiger partial charge in [-0.05, 0) is 30.9 Å².